The zero-order chi connectivity index (χ0) is 27.9. The first-order valence-corrected chi connectivity index (χ1v) is 14.1. The average Bonchev–Trinajstić information content (AvgIpc) is 3.63. The number of likely N-dealkylation sites (tertiary alicyclic amines) is 1. The summed E-state index contributed by atoms with van der Waals surface area (Å²) in [6.07, 6.45) is 6.51. The van der Waals surface area contributed by atoms with Crippen LogP contribution in [0, 0.1) is 5.92 Å². The molecule has 1 aliphatic carbocycles. The number of hydrogen-bond donors (Lipinski definition) is 2. The van der Waals surface area contributed by atoms with Gasteiger partial charge in [0, 0.05) is 48.3 Å². The number of anilines is 1. The number of methoxy groups -OCH3 is 2. The van der Waals surface area contributed by atoms with Gasteiger partial charge in [-0.05, 0) is 62.3 Å². The van der Waals surface area contributed by atoms with Crippen LogP contribution in [0.1, 0.15) is 56.1 Å². The number of rotatable bonds is 8. The number of ether oxygens (including phenoxy) is 2. The van der Waals surface area contributed by atoms with E-state index in [-0.39, 0.29) is 5.91 Å². The summed E-state index contributed by atoms with van der Waals surface area (Å²) < 4.78 is 11.1. The standard InChI is InChI=1S/C32H37N5O3/c1-31(27-10-7-15-34-27,30-35-24-20-26(40-3)25(39-2)19-23(24)29(33)36-30)32(22-8-5-4-6-9-22)13-16-37(17-14-32)28(38)18-21-11-12-21/h4-10,15,19-21,34H,11-14,16-18H2,1-3H3,(H2,33,35,36). The van der Waals surface area contributed by atoms with E-state index in [1.165, 1.54) is 18.4 Å². The van der Waals surface area contributed by atoms with Crippen molar-refractivity contribution in [2.45, 2.75) is 49.9 Å². The summed E-state index contributed by atoms with van der Waals surface area (Å²) in [5.41, 5.74) is 8.46. The van der Waals surface area contributed by atoms with Gasteiger partial charge in [-0.1, -0.05) is 30.3 Å². The maximum atomic E-state index is 13.1. The molecular formula is C32H37N5O3. The molecule has 6 rings (SSSR count). The fraction of sp³-hybridized carbons (Fsp3) is 0.406. The SMILES string of the molecule is COc1cc2nc(C(C)(c3ccc[nH]3)C3(c4ccccc4)CCN(C(=O)CC4CC4)CC3)nc(N)c2cc1OC. The first-order chi connectivity index (χ1) is 19.4. The van der Waals surface area contributed by atoms with Gasteiger partial charge in [0.25, 0.3) is 0 Å². The smallest absolute Gasteiger partial charge is 0.222 e. The Morgan fingerprint density at radius 3 is 2.38 bits per heavy atom. The van der Waals surface area contributed by atoms with Crippen molar-refractivity contribution in [3.05, 3.63) is 77.9 Å². The van der Waals surface area contributed by atoms with Crippen molar-refractivity contribution in [2.75, 3.05) is 33.0 Å². The van der Waals surface area contributed by atoms with E-state index in [0.717, 1.165) is 18.5 Å². The lowest BCUT2D eigenvalue weighted by Crippen LogP contribution is -2.56. The highest BCUT2D eigenvalue weighted by Crippen LogP contribution is 2.54. The Balaban J connectivity index is 1.52. The molecule has 8 nitrogen and oxygen atoms in total. The van der Waals surface area contributed by atoms with Crippen LogP contribution in [0.15, 0.2) is 60.8 Å². The Morgan fingerprint density at radius 1 is 1.05 bits per heavy atom. The summed E-state index contributed by atoms with van der Waals surface area (Å²) in [5.74, 6) is 3.03. The quantitative estimate of drug-likeness (QED) is 0.318. The maximum absolute atomic E-state index is 13.1. The second-order valence-electron chi connectivity index (χ2n) is 11.3. The van der Waals surface area contributed by atoms with Gasteiger partial charge in [0.15, 0.2) is 11.5 Å². The van der Waals surface area contributed by atoms with Crippen LogP contribution in [0.25, 0.3) is 10.9 Å². The number of fused-ring (bicyclic) bond motifs is 1. The minimum absolute atomic E-state index is 0.276. The molecule has 1 aliphatic heterocycles. The van der Waals surface area contributed by atoms with E-state index < -0.39 is 10.8 Å². The van der Waals surface area contributed by atoms with Crippen LogP contribution >= 0.6 is 0 Å². The third kappa shape index (κ3) is 4.26. The zero-order valence-corrected chi connectivity index (χ0v) is 23.4. The molecule has 8 heteroatoms. The molecule has 40 heavy (non-hydrogen) atoms. The number of nitrogens with zero attached hydrogens (tertiary/aromatic N) is 3. The van der Waals surface area contributed by atoms with E-state index in [0.29, 0.717) is 59.5 Å². The number of carbonyl (C=O) groups is 1. The predicted molar refractivity (Wildman–Crippen MR) is 156 cm³/mol. The van der Waals surface area contributed by atoms with Crippen molar-refractivity contribution in [3.8, 4) is 11.5 Å². The van der Waals surface area contributed by atoms with Crippen molar-refractivity contribution < 1.29 is 14.3 Å². The second kappa shape index (κ2) is 10.2. The number of nitrogen functional groups attached to an aromatic ring is 1. The molecule has 1 atom stereocenters. The van der Waals surface area contributed by atoms with E-state index in [2.05, 4.69) is 47.1 Å². The summed E-state index contributed by atoms with van der Waals surface area (Å²) >= 11 is 0. The zero-order valence-electron chi connectivity index (χ0n) is 23.4. The highest BCUT2D eigenvalue weighted by molar-refractivity contribution is 5.91. The van der Waals surface area contributed by atoms with E-state index in [9.17, 15) is 4.79 Å². The number of nitrogens with one attached hydrogen (secondary N) is 1. The molecule has 4 aromatic rings. The molecule has 3 N–H and O–H groups in total. The molecular weight excluding hydrogens is 502 g/mol. The minimum atomic E-state index is -0.682. The number of piperidine rings is 1. The molecule has 0 bridgehead atoms. The van der Waals surface area contributed by atoms with Crippen molar-refractivity contribution in [1.82, 2.24) is 19.9 Å². The molecule has 2 aromatic carbocycles. The topological polar surface area (TPSA) is 106 Å². The van der Waals surface area contributed by atoms with Gasteiger partial charge in [-0.2, -0.15) is 0 Å². The molecule has 0 spiro atoms. The van der Waals surface area contributed by atoms with Gasteiger partial charge in [0.1, 0.15) is 11.6 Å². The van der Waals surface area contributed by atoms with Crippen molar-refractivity contribution >= 4 is 22.6 Å². The number of carbonyl (C=O) groups excluding carboxylic acids is 1. The molecule has 3 heterocycles. The van der Waals surface area contributed by atoms with E-state index in [4.69, 9.17) is 25.2 Å². The van der Waals surface area contributed by atoms with Gasteiger partial charge in [-0.15, -0.1) is 0 Å². The van der Waals surface area contributed by atoms with E-state index in [1.54, 1.807) is 14.2 Å². The summed E-state index contributed by atoms with van der Waals surface area (Å²) in [7, 11) is 3.21. The lowest BCUT2D eigenvalue weighted by atomic mass is 9.54. The van der Waals surface area contributed by atoms with E-state index in [1.807, 2.05) is 30.5 Å². The predicted octanol–water partition coefficient (Wildman–Crippen LogP) is 5.22. The molecule has 2 aliphatic rings. The van der Waals surface area contributed by atoms with Crippen LogP contribution in [-0.4, -0.2) is 53.1 Å². The van der Waals surface area contributed by atoms with Crippen LogP contribution in [0.2, 0.25) is 0 Å². The molecule has 0 radical (unpaired) electrons. The number of aromatic nitrogens is 3. The second-order valence-corrected chi connectivity index (χ2v) is 11.3. The Kier molecular flexibility index (Phi) is 6.64. The molecule has 2 aromatic heterocycles. The van der Waals surface area contributed by atoms with Crippen LogP contribution in [0.3, 0.4) is 0 Å². The van der Waals surface area contributed by atoms with Crippen molar-refractivity contribution in [3.63, 3.8) is 0 Å². The number of amides is 1. The van der Waals surface area contributed by atoms with Gasteiger partial charge in [0.05, 0.1) is 25.2 Å². The number of hydrogen-bond acceptors (Lipinski definition) is 6. The Labute approximate surface area is 234 Å². The molecule has 1 saturated heterocycles. The monoisotopic (exact) mass is 539 g/mol. The number of aromatic amines is 1. The summed E-state index contributed by atoms with van der Waals surface area (Å²) in [6, 6.07) is 18.4. The lowest BCUT2D eigenvalue weighted by Gasteiger charge is -2.52. The van der Waals surface area contributed by atoms with Crippen LogP contribution in [0.4, 0.5) is 5.82 Å². The molecule has 1 unspecified atom stereocenters. The van der Waals surface area contributed by atoms with Gasteiger partial charge in [0.2, 0.25) is 5.91 Å². The normalized spacial score (nSPS) is 18.3. The summed E-state index contributed by atoms with van der Waals surface area (Å²) in [5, 5.41) is 0.712. The summed E-state index contributed by atoms with van der Waals surface area (Å²) in [6.45, 7) is 3.59. The van der Waals surface area contributed by atoms with Crippen LogP contribution in [0.5, 0.6) is 11.5 Å². The van der Waals surface area contributed by atoms with Crippen molar-refractivity contribution in [2.24, 2.45) is 5.92 Å². The van der Waals surface area contributed by atoms with Crippen LogP contribution in [-0.2, 0) is 15.6 Å². The van der Waals surface area contributed by atoms with Crippen molar-refractivity contribution in [1.29, 1.82) is 0 Å². The van der Waals surface area contributed by atoms with Gasteiger partial charge < -0.3 is 25.1 Å². The van der Waals surface area contributed by atoms with Crippen LogP contribution < -0.4 is 15.2 Å². The largest absolute Gasteiger partial charge is 0.493 e. The molecule has 1 saturated carbocycles. The van der Waals surface area contributed by atoms with Gasteiger partial charge in [-0.3, -0.25) is 4.79 Å². The lowest BCUT2D eigenvalue weighted by molar-refractivity contribution is -0.133. The third-order valence-corrected chi connectivity index (χ3v) is 9.23. The first-order valence-electron chi connectivity index (χ1n) is 14.1. The molecule has 1 amide bonds. The average molecular weight is 540 g/mol. The molecule has 208 valence electrons. The number of H-pyrrole nitrogens is 1. The highest BCUT2D eigenvalue weighted by Gasteiger charge is 2.55. The third-order valence-electron chi connectivity index (χ3n) is 9.23. The van der Waals surface area contributed by atoms with Gasteiger partial charge in [-0.25, -0.2) is 9.97 Å². The minimum Gasteiger partial charge on any atom is -0.493 e. The highest BCUT2D eigenvalue weighted by atomic mass is 16.5. The van der Waals surface area contributed by atoms with E-state index >= 15 is 0 Å². The molecule has 2 fully saturated rings. The number of nitrogens with two attached hydrogens (primary N) is 1. The fourth-order valence-corrected chi connectivity index (χ4v) is 6.61. The Hall–Kier alpha value is -4.07. The van der Waals surface area contributed by atoms with Gasteiger partial charge >= 0.3 is 0 Å². The Bertz CT molecular complexity index is 1510. The maximum Gasteiger partial charge on any atom is 0.222 e. The first kappa shape index (κ1) is 26.2. The fourth-order valence-electron chi connectivity index (χ4n) is 6.61. The number of benzene rings is 2. The Morgan fingerprint density at radius 2 is 1.75 bits per heavy atom. The summed E-state index contributed by atoms with van der Waals surface area (Å²) in [4.78, 5) is 28.8.